The van der Waals surface area contributed by atoms with Gasteiger partial charge in [0.25, 0.3) is 0 Å². The maximum absolute atomic E-state index is 12.3. The van der Waals surface area contributed by atoms with Gasteiger partial charge in [-0.25, -0.2) is 4.68 Å². The molecule has 1 heterocycles. The number of nitrogens with zero attached hydrogens (tertiary/aromatic N) is 3. The van der Waals surface area contributed by atoms with Crippen LogP contribution in [0.3, 0.4) is 0 Å². The van der Waals surface area contributed by atoms with Crippen LogP contribution in [0.2, 0.25) is 0 Å². The molecule has 0 aliphatic carbocycles. The Labute approximate surface area is 160 Å². The van der Waals surface area contributed by atoms with Crippen LogP contribution in [0.5, 0.6) is 0 Å². The third kappa shape index (κ3) is 4.96. The van der Waals surface area contributed by atoms with Crippen LogP contribution in [-0.4, -0.2) is 33.4 Å². The first-order valence-electron chi connectivity index (χ1n) is 7.83. The molecule has 1 amide bonds. The van der Waals surface area contributed by atoms with Crippen molar-refractivity contribution >= 4 is 33.6 Å². The molecule has 0 aliphatic heterocycles. The molecule has 6 heteroatoms. The zero-order chi connectivity index (χ0) is 17.6. The molecular formula is C19H18BrN3OS. The van der Waals surface area contributed by atoms with Gasteiger partial charge in [0, 0.05) is 34.7 Å². The van der Waals surface area contributed by atoms with E-state index < -0.39 is 0 Å². The summed E-state index contributed by atoms with van der Waals surface area (Å²) < 4.78 is 2.86. The summed E-state index contributed by atoms with van der Waals surface area (Å²) in [6.45, 7) is 0.548. The number of halogens is 1. The number of thioether (sulfide) groups is 1. The average Bonchev–Trinajstić information content (AvgIpc) is 3.10. The molecule has 0 fully saturated rings. The number of amides is 1. The van der Waals surface area contributed by atoms with E-state index in [0.717, 1.165) is 20.6 Å². The highest BCUT2D eigenvalue weighted by Crippen LogP contribution is 2.21. The largest absolute Gasteiger partial charge is 0.341 e. The maximum atomic E-state index is 12.3. The summed E-state index contributed by atoms with van der Waals surface area (Å²) in [6, 6.07) is 17.9. The Hall–Kier alpha value is -2.05. The number of hydrogen-bond acceptors (Lipinski definition) is 3. The Morgan fingerprint density at radius 2 is 1.88 bits per heavy atom. The zero-order valence-electron chi connectivity index (χ0n) is 13.8. The first kappa shape index (κ1) is 17.8. The Morgan fingerprint density at radius 3 is 2.60 bits per heavy atom. The number of aromatic nitrogens is 2. The zero-order valence-corrected chi connectivity index (χ0v) is 16.2. The lowest BCUT2D eigenvalue weighted by Crippen LogP contribution is -2.27. The molecule has 0 aliphatic rings. The van der Waals surface area contributed by atoms with Crippen LogP contribution in [0.1, 0.15) is 5.56 Å². The molecule has 4 nitrogen and oxygen atoms in total. The number of benzene rings is 2. The van der Waals surface area contributed by atoms with Gasteiger partial charge in [-0.05, 0) is 36.4 Å². The fourth-order valence-electron chi connectivity index (χ4n) is 2.31. The monoisotopic (exact) mass is 415 g/mol. The van der Waals surface area contributed by atoms with Crippen molar-refractivity contribution in [1.82, 2.24) is 14.7 Å². The molecule has 2 aromatic carbocycles. The Bertz CT molecular complexity index is 833. The molecule has 0 saturated heterocycles. The van der Waals surface area contributed by atoms with E-state index in [4.69, 9.17) is 0 Å². The minimum atomic E-state index is 0.0976. The highest BCUT2D eigenvalue weighted by molar-refractivity contribution is 9.10. The van der Waals surface area contributed by atoms with Crippen LogP contribution in [0.4, 0.5) is 0 Å². The third-order valence-corrected chi connectivity index (χ3v) is 5.20. The van der Waals surface area contributed by atoms with Crippen molar-refractivity contribution in [3.8, 4) is 5.69 Å². The summed E-state index contributed by atoms with van der Waals surface area (Å²) >= 11 is 4.96. The van der Waals surface area contributed by atoms with Crippen molar-refractivity contribution in [2.45, 2.75) is 11.4 Å². The standard InChI is InChI=1S/C19H18BrN3OS/c1-22(19(24)14-25-18-9-7-16(20)8-10-18)12-15-11-21-23(13-15)17-5-3-2-4-6-17/h2-11,13H,12,14H2,1H3. The molecule has 1 aromatic heterocycles. The van der Waals surface area contributed by atoms with E-state index in [9.17, 15) is 4.79 Å². The number of para-hydroxylation sites is 1. The van der Waals surface area contributed by atoms with Gasteiger partial charge in [-0.2, -0.15) is 5.10 Å². The third-order valence-electron chi connectivity index (χ3n) is 3.68. The van der Waals surface area contributed by atoms with Crippen molar-refractivity contribution in [3.05, 3.63) is 77.0 Å². The van der Waals surface area contributed by atoms with Crippen molar-refractivity contribution in [2.24, 2.45) is 0 Å². The molecule has 0 saturated carbocycles. The van der Waals surface area contributed by atoms with Gasteiger partial charge in [0.1, 0.15) is 0 Å². The smallest absolute Gasteiger partial charge is 0.232 e. The summed E-state index contributed by atoms with van der Waals surface area (Å²) in [5.74, 6) is 0.519. The summed E-state index contributed by atoms with van der Waals surface area (Å²) in [7, 11) is 1.82. The van der Waals surface area contributed by atoms with E-state index in [-0.39, 0.29) is 5.91 Å². The first-order chi connectivity index (χ1) is 12.1. The van der Waals surface area contributed by atoms with Gasteiger partial charge in [-0.1, -0.05) is 34.1 Å². The van der Waals surface area contributed by atoms with Gasteiger partial charge >= 0.3 is 0 Å². The molecule has 3 aromatic rings. The summed E-state index contributed by atoms with van der Waals surface area (Å²) in [4.78, 5) is 15.2. The summed E-state index contributed by atoms with van der Waals surface area (Å²) in [6.07, 6.45) is 3.76. The van der Waals surface area contributed by atoms with Crippen LogP contribution in [-0.2, 0) is 11.3 Å². The van der Waals surface area contributed by atoms with Crippen LogP contribution < -0.4 is 0 Å². The van der Waals surface area contributed by atoms with Crippen LogP contribution >= 0.6 is 27.7 Å². The lowest BCUT2D eigenvalue weighted by molar-refractivity contribution is -0.127. The SMILES string of the molecule is CN(Cc1cnn(-c2ccccc2)c1)C(=O)CSc1ccc(Br)cc1. The summed E-state index contributed by atoms with van der Waals surface area (Å²) in [5, 5.41) is 4.37. The normalized spacial score (nSPS) is 10.6. The Balaban J connectivity index is 1.54. The minimum absolute atomic E-state index is 0.0976. The molecule has 128 valence electrons. The molecule has 0 unspecified atom stereocenters. The van der Waals surface area contributed by atoms with Gasteiger partial charge in [0.05, 0.1) is 17.6 Å². The fourth-order valence-corrected chi connectivity index (χ4v) is 3.42. The molecule has 0 spiro atoms. The highest BCUT2D eigenvalue weighted by Gasteiger charge is 2.11. The van der Waals surface area contributed by atoms with E-state index in [1.165, 1.54) is 0 Å². The molecule has 0 atom stereocenters. The van der Waals surface area contributed by atoms with Crippen LogP contribution in [0, 0.1) is 0 Å². The molecule has 0 bridgehead atoms. The van der Waals surface area contributed by atoms with Crippen molar-refractivity contribution in [1.29, 1.82) is 0 Å². The predicted octanol–water partition coefficient (Wildman–Crippen LogP) is 4.39. The van der Waals surface area contributed by atoms with Crippen molar-refractivity contribution < 1.29 is 4.79 Å². The van der Waals surface area contributed by atoms with Gasteiger partial charge < -0.3 is 4.90 Å². The lowest BCUT2D eigenvalue weighted by atomic mass is 10.3. The van der Waals surface area contributed by atoms with Gasteiger partial charge in [0.15, 0.2) is 0 Å². The molecule has 0 radical (unpaired) electrons. The first-order valence-corrected chi connectivity index (χ1v) is 9.61. The Morgan fingerprint density at radius 1 is 1.16 bits per heavy atom. The van der Waals surface area contributed by atoms with Crippen molar-refractivity contribution in [3.63, 3.8) is 0 Å². The van der Waals surface area contributed by atoms with E-state index in [1.807, 2.05) is 72.5 Å². The molecule has 25 heavy (non-hydrogen) atoms. The molecule has 0 N–H and O–H groups in total. The Kier molecular flexibility index (Phi) is 5.94. The minimum Gasteiger partial charge on any atom is -0.341 e. The van der Waals surface area contributed by atoms with Gasteiger partial charge in [-0.3, -0.25) is 4.79 Å². The van der Waals surface area contributed by atoms with Crippen LogP contribution in [0.15, 0.2) is 76.4 Å². The van der Waals surface area contributed by atoms with E-state index in [2.05, 4.69) is 21.0 Å². The van der Waals surface area contributed by atoms with E-state index in [0.29, 0.717) is 12.3 Å². The number of carbonyl (C=O) groups is 1. The van der Waals surface area contributed by atoms with Gasteiger partial charge in [0.2, 0.25) is 5.91 Å². The van der Waals surface area contributed by atoms with E-state index in [1.54, 1.807) is 22.9 Å². The highest BCUT2D eigenvalue weighted by atomic mass is 79.9. The number of hydrogen-bond donors (Lipinski definition) is 0. The second-order valence-electron chi connectivity index (χ2n) is 5.62. The lowest BCUT2D eigenvalue weighted by Gasteiger charge is -2.16. The average molecular weight is 416 g/mol. The fraction of sp³-hybridized carbons (Fsp3) is 0.158. The number of carbonyl (C=O) groups excluding carboxylic acids is 1. The van der Waals surface area contributed by atoms with E-state index >= 15 is 0 Å². The topological polar surface area (TPSA) is 38.1 Å². The molecular weight excluding hydrogens is 398 g/mol. The second kappa shape index (κ2) is 8.36. The summed E-state index contributed by atoms with van der Waals surface area (Å²) in [5.41, 5.74) is 2.02. The molecule has 3 rings (SSSR count). The van der Waals surface area contributed by atoms with Gasteiger partial charge in [-0.15, -0.1) is 11.8 Å². The predicted molar refractivity (Wildman–Crippen MR) is 105 cm³/mol. The second-order valence-corrected chi connectivity index (χ2v) is 7.59. The maximum Gasteiger partial charge on any atom is 0.232 e. The van der Waals surface area contributed by atoms with Crippen LogP contribution in [0.25, 0.3) is 5.69 Å². The quantitative estimate of drug-likeness (QED) is 0.560. The van der Waals surface area contributed by atoms with Crippen molar-refractivity contribution in [2.75, 3.05) is 12.8 Å². The number of rotatable bonds is 6.